The summed E-state index contributed by atoms with van der Waals surface area (Å²) in [5.41, 5.74) is 2.75. The number of carbonyl (C=O) groups excluding carboxylic acids is 3. The lowest BCUT2D eigenvalue weighted by Gasteiger charge is -2.34. The fourth-order valence-corrected chi connectivity index (χ4v) is 7.87. The van der Waals surface area contributed by atoms with Gasteiger partial charge in [-0.1, -0.05) is 12.1 Å². The Bertz CT molecular complexity index is 922. The number of nitrogens with zero attached hydrogens (tertiary/aromatic N) is 1. The first-order chi connectivity index (χ1) is 15.3. The first kappa shape index (κ1) is 23.1. The first-order valence-corrected chi connectivity index (χ1v) is 12.4. The number of carbonyl (C=O) groups is 3. The molecule has 3 fully saturated rings. The molecule has 3 saturated heterocycles. The van der Waals surface area contributed by atoms with Crippen molar-refractivity contribution in [2.45, 2.75) is 62.5 Å². The van der Waals surface area contributed by atoms with Crippen LogP contribution in [-0.2, 0) is 19.1 Å². The van der Waals surface area contributed by atoms with Crippen molar-refractivity contribution >= 4 is 35.2 Å². The Hall–Kier alpha value is -2.06. The maximum atomic E-state index is 13.7. The number of benzene rings is 1. The van der Waals surface area contributed by atoms with Gasteiger partial charge in [0.15, 0.2) is 0 Å². The van der Waals surface area contributed by atoms with Crippen molar-refractivity contribution in [1.82, 2.24) is 4.90 Å². The van der Waals surface area contributed by atoms with Gasteiger partial charge in [0.05, 0.1) is 23.2 Å². The summed E-state index contributed by atoms with van der Waals surface area (Å²) in [5.74, 6) is -1.68. The second kappa shape index (κ2) is 9.06. The molecule has 1 spiro atoms. The molecule has 1 aromatic carbocycles. The van der Waals surface area contributed by atoms with Gasteiger partial charge in [-0.05, 0) is 63.6 Å². The number of hydrogen-bond acceptors (Lipinski definition) is 6. The number of rotatable bonds is 8. The van der Waals surface area contributed by atoms with Crippen molar-refractivity contribution in [3.05, 3.63) is 29.3 Å². The Kier molecular flexibility index (Phi) is 6.54. The van der Waals surface area contributed by atoms with E-state index < -0.39 is 22.6 Å². The molecule has 3 aliphatic heterocycles. The number of aliphatic hydroxyl groups is 1. The molecule has 0 saturated carbocycles. The third-order valence-corrected chi connectivity index (χ3v) is 9.02. The number of aliphatic hydroxyl groups excluding tert-OH is 1. The number of anilines is 1. The van der Waals surface area contributed by atoms with Crippen LogP contribution in [0.3, 0.4) is 0 Å². The molecule has 7 nitrogen and oxygen atoms in total. The largest absolute Gasteiger partial charge is 0.466 e. The normalized spacial score (nSPS) is 30.5. The number of ether oxygens (including phenoxy) is 1. The molecule has 174 valence electrons. The van der Waals surface area contributed by atoms with Crippen LogP contribution in [0, 0.1) is 25.7 Å². The van der Waals surface area contributed by atoms with Crippen LogP contribution in [0.4, 0.5) is 5.69 Å². The number of hydrogen-bond donors (Lipinski definition) is 2. The molecule has 4 rings (SSSR count). The van der Waals surface area contributed by atoms with Crippen LogP contribution in [0.2, 0.25) is 0 Å². The molecule has 0 aliphatic carbocycles. The van der Waals surface area contributed by atoms with Crippen molar-refractivity contribution in [3.63, 3.8) is 0 Å². The molecule has 0 radical (unpaired) electrons. The Morgan fingerprint density at radius 1 is 1.31 bits per heavy atom. The predicted octanol–water partition coefficient (Wildman–Crippen LogP) is 2.67. The van der Waals surface area contributed by atoms with Gasteiger partial charge in [0, 0.05) is 24.1 Å². The van der Waals surface area contributed by atoms with Crippen molar-refractivity contribution in [1.29, 1.82) is 0 Å². The number of nitrogens with one attached hydrogen (secondary N) is 1. The fourth-order valence-electron chi connectivity index (χ4n) is 5.67. The zero-order valence-corrected chi connectivity index (χ0v) is 19.7. The highest BCUT2D eigenvalue weighted by Crippen LogP contribution is 2.66. The second-order valence-corrected chi connectivity index (χ2v) is 10.7. The third-order valence-electron chi connectivity index (χ3n) is 7.07. The minimum absolute atomic E-state index is 0.0126. The number of thioether (sulfide) groups is 1. The Labute approximate surface area is 193 Å². The summed E-state index contributed by atoms with van der Waals surface area (Å²) in [7, 11) is 0. The molecule has 0 aromatic heterocycles. The topological polar surface area (TPSA) is 95.9 Å². The molecule has 3 heterocycles. The zero-order valence-electron chi connectivity index (χ0n) is 18.9. The quantitative estimate of drug-likeness (QED) is 0.457. The van der Waals surface area contributed by atoms with Crippen LogP contribution in [0.1, 0.15) is 43.7 Å². The lowest BCUT2D eigenvalue weighted by molar-refractivity contribution is -0.153. The molecular formula is C24H32N2O5S. The standard InChI is InChI=1S/C24H32N2O5S/c1-4-31-23(30)18-17-9-10-24(32-17)19(18)22(29)26(11-5-6-12-27)20(24)21(28)25-16-13-14(2)7-8-15(16)3/h7-8,13,17-20,27H,4-6,9-12H2,1-3H3,(H,25,28)/t17-,18+,19+,20?,24?/m1/s1. The van der Waals surface area contributed by atoms with E-state index >= 15 is 0 Å². The highest BCUT2D eigenvalue weighted by atomic mass is 32.2. The smallest absolute Gasteiger partial charge is 0.310 e. The van der Waals surface area contributed by atoms with Gasteiger partial charge in [-0.2, -0.15) is 0 Å². The average Bonchev–Trinajstić information content (AvgIpc) is 3.39. The highest BCUT2D eigenvalue weighted by molar-refractivity contribution is 8.02. The van der Waals surface area contributed by atoms with Gasteiger partial charge in [-0.3, -0.25) is 14.4 Å². The summed E-state index contributed by atoms with van der Waals surface area (Å²) in [6, 6.07) is 5.26. The number of fused-ring (bicyclic) bond motifs is 1. The van der Waals surface area contributed by atoms with Crippen molar-refractivity contribution < 1.29 is 24.2 Å². The monoisotopic (exact) mass is 460 g/mol. The number of unbranched alkanes of at least 4 members (excludes halogenated alkanes) is 1. The SMILES string of the molecule is CCOC(=O)[C@@H]1[C@H]2C(=O)N(CCCCO)C(C(=O)Nc3cc(C)ccc3C)C23CC[C@H]1S3. The molecule has 1 aromatic rings. The lowest BCUT2D eigenvalue weighted by Crippen LogP contribution is -2.51. The Balaban J connectivity index is 1.68. The van der Waals surface area contributed by atoms with Gasteiger partial charge < -0.3 is 20.1 Å². The molecule has 2 amide bonds. The van der Waals surface area contributed by atoms with E-state index in [1.165, 1.54) is 0 Å². The Morgan fingerprint density at radius 2 is 2.09 bits per heavy atom. The molecule has 3 aliphatic rings. The van der Waals surface area contributed by atoms with Crippen LogP contribution in [0.15, 0.2) is 18.2 Å². The minimum Gasteiger partial charge on any atom is -0.466 e. The predicted molar refractivity (Wildman–Crippen MR) is 123 cm³/mol. The van der Waals surface area contributed by atoms with Gasteiger partial charge in [0.25, 0.3) is 0 Å². The van der Waals surface area contributed by atoms with Gasteiger partial charge in [0.1, 0.15) is 6.04 Å². The van der Waals surface area contributed by atoms with E-state index in [0.717, 1.165) is 29.7 Å². The van der Waals surface area contributed by atoms with Crippen LogP contribution in [0.5, 0.6) is 0 Å². The summed E-state index contributed by atoms with van der Waals surface area (Å²) >= 11 is 1.64. The Morgan fingerprint density at radius 3 is 2.81 bits per heavy atom. The van der Waals surface area contributed by atoms with E-state index in [1.807, 2.05) is 32.0 Å². The van der Waals surface area contributed by atoms with E-state index in [0.29, 0.717) is 19.4 Å². The average molecular weight is 461 g/mol. The fraction of sp³-hybridized carbons (Fsp3) is 0.625. The summed E-state index contributed by atoms with van der Waals surface area (Å²) in [4.78, 5) is 41.8. The molecule has 2 N–H and O–H groups in total. The van der Waals surface area contributed by atoms with Crippen LogP contribution < -0.4 is 5.32 Å². The van der Waals surface area contributed by atoms with Crippen LogP contribution in [-0.4, -0.2) is 63.6 Å². The molecule has 2 bridgehead atoms. The van der Waals surface area contributed by atoms with Crippen LogP contribution >= 0.6 is 11.8 Å². The van der Waals surface area contributed by atoms with E-state index in [1.54, 1.807) is 23.6 Å². The maximum Gasteiger partial charge on any atom is 0.310 e. The van der Waals surface area contributed by atoms with Gasteiger partial charge >= 0.3 is 5.97 Å². The third kappa shape index (κ3) is 3.71. The summed E-state index contributed by atoms with van der Waals surface area (Å²) in [5, 5.41) is 12.3. The summed E-state index contributed by atoms with van der Waals surface area (Å²) < 4.78 is 4.72. The van der Waals surface area contributed by atoms with Gasteiger partial charge in [-0.15, -0.1) is 11.8 Å². The first-order valence-electron chi connectivity index (χ1n) is 11.5. The van der Waals surface area contributed by atoms with E-state index in [-0.39, 0.29) is 36.2 Å². The molecule has 32 heavy (non-hydrogen) atoms. The van der Waals surface area contributed by atoms with E-state index in [9.17, 15) is 19.5 Å². The lowest BCUT2D eigenvalue weighted by atomic mass is 9.71. The number of esters is 1. The molecule has 2 unspecified atom stereocenters. The van der Waals surface area contributed by atoms with E-state index in [2.05, 4.69) is 5.32 Å². The van der Waals surface area contributed by atoms with Crippen molar-refractivity contribution in [2.75, 3.05) is 25.1 Å². The molecule has 5 atom stereocenters. The minimum atomic E-state index is -0.645. The number of amides is 2. The van der Waals surface area contributed by atoms with Gasteiger partial charge in [0.2, 0.25) is 11.8 Å². The maximum absolute atomic E-state index is 13.7. The van der Waals surface area contributed by atoms with Crippen LogP contribution in [0.25, 0.3) is 0 Å². The molecule has 8 heteroatoms. The van der Waals surface area contributed by atoms with Crippen molar-refractivity contribution in [2.24, 2.45) is 11.8 Å². The highest BCUT2D eigenvalue weighted by Gasteiger charge is 2.73. The van der Waals surface area contributed by atoms with Gasteiger partial charge in [-0.25, -0.2) is 0 Å². The van der Waals surface area contributed by atoms with Crippen molar-refractivity contribution in [3.8, 4) is 0 Å². The number of likely N-dealkylation sites (tertiary alicyclic amines) is 1. The number of aryl methyl sites for hydroxylation is 2. The molecular weight excluding hydrogens is 428 g/mol. The summed E-state index contributed by atoms with van der Waals surface area (Å²) in [6.45, 7) is 6.40. The summed E-state index contributed by atoms with van der Waals surface area (Å²) in [6.07, 6.45) is 2.70. The zero-order chi connectivity index (χ0) is 23.0. The van der Waals surface area contributed by atoms with E-state index in [4.69, 9.17) is 4.74 Å². The second-order valence-electron chi connectivity index (χ2n) is 9.08.